The maximum Gasteiger partial charge on any atom is 0.262 e. The molecule has 2 aromatic carbocycles. The molecular formula is C24H29N3O5S. The number of nitrogens with zero attached hydrogens (tertiary/aromatic N) is 1. The number of rotatable bonds is 8. The van der Waals surface area contributed by atoms with Crippen molar-refractivity contribution >= 4 is 33.5 Å². The van der Waals surface area contributed by atoms with Crippen molar-refractivity contribution in [1.29, 1.82) is 0 Å². The van der Waals surface area contributed by atoms with E-state index < -0.39 is 15.9 Å². The highest BCUT2D eigenvalue weighted by molar-refractivity contribution is 7.90. The Bertz CT molecular complexity index is 1140. The van der Waals surface area contributed by atoms with Crippen molar-refractivity contribution in [3.63, 3.8) is 0 Å². The summed E-state index contributed by atoms with van der Waals surface area (Å²) in [5.41, 5.74) is 1.30. The smallest absolute Gasteiger partial charge is 0.262 e. The van der Waals surface area contributed by atoms with Gasteiger partial charge in [0.2, 0.25) is 0 Å². The molecule has 8 nitrogen and oxygen atoms in total. The van der Waals surface area contributed by atoms with Crippen molar-refractivity contribution in [2.45, 2.75) is 37.5 Å². The minimum absolute atomic E-state index is 0.0504. The van der Waals surface area contributed by atoms with Crippen LogP contribution in [0.15, 0.2) is 58.4 Å². The third-order valence-electron chi connectivity index (χ3n) is 4.96. The van der Waals surface area contributed by atoms with Crippen LogP contribution < -0.4 is 19.5 Å². The van der Waals surface area contributed by atoms with Gasteiger partial charge in [-0.1, -0.05) is 30.7 Å². The van der Waals surface area contributed by atoms with Crippen LogP contribution in [-0.4, -0.2) is 40.4 Å². The third kappa shape index (κ3) is 7.08. The fourth-order valence-electron chi connectivity index (χ4n) is 3.35. The number of amidine groups is 1. The molecule has 1 aliphatic rings. The number of allylic oxidation sites excluding steroid dienone is 1. The van der Waals surface area contributed by atoms with Crippen LogP contribution in [0.2, 0.25) is 0 Å². The van der Waals surface area contributed by atoms with E-state index in [4.69, 9.17) is 9.47 Å². The van der Waals surface area contributed by atoms with Gasteiger partial charge in [-0.05, 0) is 55.7 Å². The van der Waals surface area contributed by atoms with Gasteiger partial charge in [-0.25, -0.2) is 8.42 Å². The largest absolute Gasteiger partial charge is 0.493 e. The minimum Gasteiger partial charge on any atom is -0.493 e. The van der Waals surface area contributed by atoms with Gasteiger partial charge >= 0.3 is 0 Å². The van der Waals surface area contributed by atoms with E-state index >= 15 is 0 Å². The molecule has 0 radical (unpaired) electrons. The van der Waals surface area contributed by atoms with E-state index in [-0.39, 0.29) is 11.5 Å². The van der Waals surface area contributed by atoms with E-state index in [0.717, 1.165) is 24.8 Å². The Morgan fingerprint density at radius 2 is 1.97 bits per heavy atom. The van der Waals surface area contributed by atoms with E-state index in [0.29, 0.717) is 36.0 Å². The molecule has 0 aliphatic carbocycles. The number of methoxy groups -OCH3 is 1. The number of hydrogen-bond acceptors (Lipinski definition) is 6. The second-order valence-corrected chi connectivity index (χ2v) is 9.20. The lowest BCUT2D eigenvalue weighted by Gasteiger charge is -2.13. The summed E-state index contributed by atoms with van der Waals surface area (Å²) < 4.78 is 39.0. The fourth-order valence-corrected chi connectivity index (χ4v) is 4.49. The molecule has 1 heterocycles. The van der Waals surface area contributed by atoms with Crippen molar-refractivity contribution in [2.24, 2.45) is 4.99 Å². The van der Waals surface area contributed by atoms with E-state index in [2.05, 4.69) is 15.0 Å². The molecule has 0 saturated carbocycles. The highest BCUT2D eigenvalue weighted by Crippen LogP contribution is 2.28. The summed E-state index contributed by atoms with van der Waals surface area (Å²) in [6, 6.07) is 11.5. The van der Waals surface area contributed by atoms with Gasteiger partial charge in [0.05, 0.1) is 12.0 Å². The molecule has 9 heteroatoms. The Morgan fingerprint density at radius 1 is 1.12 bits per heavy atom. The van der Waals surface area contributed by atoms with Gasteiger partial charge in [0.1, 0.15) is 5.84 Å². The first-order chi connectivity index (χ1) is 15.9. The van der Waals surface area contributed by atoms with Crippen LogP contribution in [-0.2, 0) is 14.8 Å². The number of hydrogen-bond donors (Lipinski definition) is 2. The number of carbonyl (C=O) groups excluding carboxylic acids is 1. The average molecular weight is 472 g/mol. The van der Waals surface area contributed by atoms with Crippen LogP contribution in [0.4, 0.5) is 5.69 Å². The summed E-state index contributed by atoms with van der Waals surface area (Å²) in [5.74, 6) is 1.000. The molecule has 3 rings (SSSR count). The predicted octanol–water partition coefficient (Wildman–Crippen LogP) is 4.00. The number of amides is 1. The first-order valence-corrected chi connectivity index (χ1v) is 12.3. The summed E-state index contributed by atoms with van der Waals surface area (Å²) in [5, 5.41) is 2.67. The molecule has 0 aromatic heterocycles. The second kappa shape index (κ2) is 11.5. The van der Waals surface area contributed by atoms with Gasteiger partial charge in [-0.15, -0.1) is 0 Å². The Labute approximate surface area is 194 Å². The van der Waals surface area contributed by atoms with Crippen molar-refractivity contribution in [3.05, 3.63) is 54.1 Å². The first kappa shape index (κ1) is 24.3. The lowest BCUT2D eigenvalue weighted by molar-refractivity contribution is -0.118. The van der Waals surface area contributed by atoms with Gasteiger partial charge in [0.15, 0.2) is 18.1 Å². The molecule has 0 spiro atoms. The van der Waals surface area contributed by atoms with Crippen LogP contribution in [0.3, 0.4) is 0 Å². The zero-order valence-corrected chi connectivity index (χ0v) is 19.7. The molecule has 176 valence electrons. The Morgan fingerprint density at radius 3 is 2.76 bits per heavy atom. The van der Waals surface area contributed by atoms with Crippen molar-refractivity contribution in [3.8, 4) is 11.5 Å². The number of carbonyl (C=O) groups is 1. The number of benzene rings is 2. The third-order valence-corrected chi connectivity index (χ3v) is 6.34. The minimum atomic E-state index is -3.79. The van der Waals surface area contributed by atoms with Gasteiger partial charge in [-0.2, -0.15) is 0 Å². The number of sulfonamides is 1. The Hall–Kier alpha value is -3.33. The maximum absolute atomic E-state index is 12.8. The van der Waals surface area contributed by atoms with Crippen molar-refractivity contribution < 1.29 is 22.7 Å². The van der Waals surface area contributed by atoms with Gasteiger partial charge in [0.25, 0.3) is 15.9 Å². The van der Waals surface area contributed by atoms with E-state index in [9.17, 15) is 13.2 Å². The molecule has 0 saturated heterocycles. The van der Waals surface area contributed by atoms with Gasteiger partial charge in [-0.3, -0.25) is 14.5 Å². The molecule has 2 aromatic rings. The normalized spacial score (nSPS) is 14.3. The average Bonchev–Trinajstić information content (AvgIpc) is 3.06. The summed E-state index contributed by atoms with van der Waals surface area (Å²) in [4.78, 5) is 16.8. The van der Waals surface area contributed by atoms with E-state index in [1.165, 1.54) is 19.2 Å². The van der Waals surface area contributed by atoms with Crippen molar-refractivity contribution in [2.75, 3.05) is 25.6 Å². The van der Waals surface area contributed by atoms with Crippen LogP contribution in [0, 0.1) is 0 Å². The second-order valence-electron chi connectivity index (χ2n) is 7.52. The van der Waals surface area contributed by atoms with Crippen LogP contribution in [0.25, 0.3) is 6.08 Å². The van der Waals surface area contributed by atoms with E-state index in [1.54, 1.807) is 18.2 Å². The molecule has 0 fully saturated rings. The fraction of sp³-hybridized carbons (Fsp3) is 0.333. The predicted molar refractivity (Wildman–Crippen MR) is 129 cm³/mol. The monoisotopic (exact) mass is 471 g/mol. The van der Waals surface area contributed by atoms with Crippen LogP contribution in [0.1, 0.15) is 38.2 Å². The summed E-state index contributed by atoms with van der Waals surface area (Å²) in [7, 11) is -2.26. The Balaban J connectivity index is 1.63. The summed E-state index contributed by atoms with van der Waals surface area (Å²) in [6.07, 6.45) is 7.34. The number of ether oxygens (including phenoxy) is 2. The molecule has 33 heavy (non-hydrogen) atoms. The zero-order valence-electron chi connectivity index (χ0n) is 18.8. The summed E-state index contributed by atoms with van der Waals surface area (Å²) in [6.45, 7) is 2.28. The highest BCUT2D eigenvalue weighted by atomic mass is 32.2. The van der Waals surface area contributed by atoms with Crippen molar-refractivity contribution in [1.82, 2.24) is 4.72 Å². The summed E-state index contributed by atoms with van der Waals surface area (Å²) >= 11 is 0. The quantitative estimate of drug-likeness (QED) is 0.605. The highest BCUT2D eigenvalue weighted by Gasteiger charge is 2.18. The van der Waals surface area contributed by atoms with Gasteiger partial charge < -0.3 is 14.8 Å². The maximum atomic E-state index is 12.8. The lowest BCUT2D eigenvalue weighted by Crippen LogP contribution is -2.30. The number of nitrogens with one attached hydrogen (secondary N) is 2. The molecule has 2 N–H and O–H groups in total. The molecular weight excluding hydrogens is 442 g/mol. The SMILES string of the molecule is C/C=C/c1ccc(OCC(=O)Nc2cccc(S(=O)(=O)NC3=NCCCCC3)c2)c(OC)c1. The lowest BCUT2D eigenvalue weighted by atomic mass is 10.2. The van der Waals surface area contributed by atoms with Gasteiger partial charge in [0, 0.05) is 18.7 Å². The molecule has 1 aliphatic heterocycles. The van der Waals surface area contributed by atoms with E-state index in [1.807, 2.05) is 31.2 Å². The Kier molecular flexibility index (Phi) is 8.48. The number of anilines is 1. The molecule has 0 bridgehead atoms. The zero-order chi connectivity index (χ0) is 23.7. The van der Waals surface area contributed by atoms with Crippen LogP contribution in [0.5, 0.6) is 11.5 Å². The first-order valence-electron chi connectivity index (χ1n) is 10.8. The number of aliphatic imine (C=N–C) groups is 1. The van der Waals surface area contributed by atoms with Crippen LogP contribution >= 0.6 is 0 Å². The molecule has 1 amide bonds. The molecule has 0 atom stereocenters. The molecule has 0 unspecified atom stereocenters. The standard InChI is InChI=1S/C24H29N3O5S/c1-3-8-18-12-13-21(22(15-18)31-2)32-17-24(28)26-19-9-7-10-20(16-19)33(29,30)27-23-11-5-4-6-14-25-23/h3,7-10,12-13,15-16H,4-6,11,14,17H2,1-2H3,(H,25,27)(H,26,28)/b8-3+. The topological polar surface area (TPSA) is 106 Å².